The first-order valence-electron chi connectivity index (χ1n) is 8.38. The van der Waals surface area contributed by atoms with E-state index in [-0.39, 0.29) is 11.7 Å². The fourth-order valence-corrected chi connectivity index (χ4v) is 3.10. The third-order valence-electron chi connectivity index (χ3n) is 4.52. The van der Waals surface area contributed by atoms with Gasteiger partial charge < -0.3 is 14.9 Å². The maximum atomic E-state index is 12.7. The summed E-state index contributed by atoms with van der Waals surface area (Å²) in [5.41, 5.74) is 2.25. The minimum absolute atomic E-state index is 0.00481. The van der Waals surface area contributed by atoms with Crippen LogP contribution in [0.15, 0.2) is 54.9 Å². The van der Waals surface area contributed by atoms with Crippen LogP contribution in [-0.2, 0) is 0 Å². The first kappa shape index (κ1) is 16.1. The number of amides is 1. The van der Waals surface area contributed by atoms with Crippen molar-refractivity contribution in [3.63, 3.8) is 0 Å². The Bertz CT molecular complexity index is 886. The van der Waals surface area contributed by atoms with Crippen LogP contribution in [0.2, 0.25) is 0 Å². The van der Waals surface area contributed by atoms with Gasteiger partial charge >= 0.3 is 0 Å². The fourth-order valence-electron chi connectivity index (χ4n) is 3.10. The van der Waals surface area contributed by atoms with Gasteiger partial charge in [-0.25, -0.2) is 4.68 Å². The predicted octanol–water partition coefficient (Wildman–Crippen LogP) is 1.33. The van der Waals surface area contributed by atoms with Crippen LogP contribution >= 0.6 is 0 Å². The molecule has 3 aromatic rings. The molecule has 0 aliphatic carbocycles. The second-order valence-corrected chi connectivity index (χ2v) is 6.07. The van der Waals surface area contributed by atoms with Gasteiger partial charge in [-0.05, 0) is 46.8 Å². The number of hydrogen-bond acceptors (Lipinski definition) is 6. The molecule has 0 unspecified atom stereocenters. The molecule has 2 heterocycles. The van der Waals surface area contributed by atoms with Gasteiger partial charge in [0.15, 0.2) is 0 Å². The van der Waals surface area contributed by atoms with Gasteiger partial charge in [0.1, 0.15) is 12.1 Å². The van der Waals surface area contributed by atoms with E-state index >= 15 is 0 Å². The number of aromatic hydroxyl groups is 1. The zero-order chi connectivity index (χ0) is 17.9. The SMILES string of the molecule is O=C(c1ccc(-n2cnnn2)cc1)N1CCN(c2ccccc2O)CC1. The molecule has 1 N–H and O–H groups in total. The van der Waals surface area contributed by atoms with Crippen molar-refractivity contribution in [2.45, 2.75) is 0 Å². The Morgan fingerprint density at radius 2 is 1.69 bits per heavy atom. The summed E-state index contributed by atoms with van der Waals surface area (Å²) in [6, 6.07) is 14.5. The molecule has 132 valence electrons. The Morgan fingerprint density at radius 3 is 2.35 bits per heavy atom. The van der Waals surface area contributed by atoms with Gasteiger partial charge in [-0.1, -0.05) is 12.1 Å². The Hall–Kier alpha value is -3.42. The van der Waals surface area contributed by atoms with Crippen molar-refractivity contribution in [1.82, 2.24) is 25.1 Å². The quantitative estimate of drug-likeness (QED) is 0.767. The maximum Gasteiger partial charge on any atom is 0.253 e. The number of hydrogen-bond donors (Lipinski definition) is 1. The lowest BCUT2D eigenvalue weighted by atomic mass is 10.1. The van der Waals surface area contributed by atoms with Crippen molar-refractivity contribution in [2.24, 2.45) is 0 Å². The lowest BCUT2D eigenvalue weighted by Gasteiger charge is -2.36. The highest BCUT2D eigenvalue weighted by Gasteiger charge is 2.23. The molecular weight excluding hydrogens is 332 g/mol. The molecule has 0 radical (unpaired) electrons. The average Bonchev–Trinajstić information content (AvgIpc) is 3.23. The van der Waals surface area contributed by atoms with Crippen molar-refractivity contribution < 1.29 is 9.90 Å². The number of carbonyl (C=O) groups excluding carboxylic acids is 1. The Kier molecular flexibility index (Phi) is 4.22. The summed E-state index contributed by atoms with van der Waals surface area (Å²) >= 11 is 0. The first-order valence-corrected chi connectivity index (χ1v) is 8.38. The Morgan fingerprint density at radius 1 is 0.962 bits per heavy atom. The zero-order valence-electron chi connectivity index (χ0n) is 14.1. The van der Waals surface area contributed by atoms with Crippen LogP contribution in [0, 0.1) is 0 Å². The fraction of sp³-hybridized carbons (Fsp3) is 0.222. The standard InChI is InChI=1S/C18H18N6O2/c25-17-4-2-1-3-16(17)22-9-11-23(12-10-22)18(26)14-5-7-15(8-6-14)24-13-19-20-21-24/h1-8,13,25H,9-12H2. The lowest BCUT2D eigenvalue weighted by Crippen LogP contribution is -2.48. The molecule has 4 rings (SSSR count). The van der Waals surface area contributed by atoms with E-state index in [4.69, 9.17) is 0 Å². The van der Waals surface area contributed by atoms with Crippen LogP contribution in [0.25, 0.3) is 5.69 Å². The average molecular weight is 350 g/mol. The minimum Gasteiger partial charge on any atom is -0.506 e. The number of nitrogens with zero attached hydrogens (tertiary/aromatic N) is 6. The Labute approximate surface area is 150 Å². The van der Waals surface area contributed by atoms with E-state index in [1.54, 1.807) is 28.9 Å². The normalized spacial score (nSPS) is 14.5. The monoisotopic (exact) mass is 350 g/mol. The van der Waals surface area contributed by atoms with Crippen LogP contribution in [0.5, 0.6) is 5.75 Å². The third kappa shape index (κ3) is 3.08. The van der Waals surface area contributed by atoms with Gasteiger partial charge in [0.05, 0.1) is 11.4 Å². The number of phenolic OH excluding ortho intramolecular Hbond substituents is 1. The van der Waals surface area contributed by atoms with Gasteiger partial charge in [-0.2, -0.15) is 0 Å². The van der Waals surface area contributed by atoms with Gasteiger partial charge in [-0.15, -0.1) is 5.10 Å². The van der Waals surface area contributed by atoms with E-state index in [1.165, 1.54) is 6.33 Å². The van der Waals surface area contributed by atoms with Crippen LogP contribution in [0.3, 0.4) is 0 Å². The summed E-state index contributed by atoms with van der Waals surface area (Å²) < 4.78 is 1.54. The molecule has 26 heavy (non-hydrogen) atoms. The summed E-state index contributed by atoms with van der Waals surface area (Å²) in [7, 11) is 0. The minimum atomic E-state index is 0.00481. The van der Waals surface area contributed by atoms with Gasteiger partial charge in [0.2, 0.25) is 0 Å². The molecular formula is C18H18N6O2. The highest BCUT2D eigenvalue weighted by Crippen LogP contribution is 2.27. The number of rotatable bonds is 3. The number of benzene rings is 2. The number of carbonyl (C=O) groups is 1. The molecule has 1 aliphatic heterocycles. The smallest absolute Gasteiger partial charge is 0.253 e. The number of anilines is 1. The predicted molar refractivity (Wildman–Crippen MR) is 95.4 cm³/mol. The molecule has 0 spiro atoms. The number of aromatic nitrogens is 4. The maximum absolute atomic E-state index is 12.7. The molecule has 1 fully saturated rings. The molecule has 1 aromatic heterocycles. The molecule has 1 saturated heterocycles. The van der Waals surface area contributed by atoms with E-state index < -0.39 is 0 Å². The van der Waals surface area contributed by atoms with Gasteiger partial charge in [-0.3, -0.25) is 4.79 Å². The van der Waals surface area contributed by atoms with E-state index in [1.807, 2.05) is 29.2 Å². The largest absolute Gasteiger partial charge is 0.506 e. The van der Waals surface area contributed by atoms with Gasteiger partial charge in [0, 0.05) is 31.7 Å². The van der Waals surface area contributed by atoms with E-state index in [0.717, 1.165) is 11.4 Å². The molecule has 0 atom stereocenters. The molecule has 0 bridgehead atoms. The van der Waals surface area contributed by atoms with Crippen LogP contribution < -0.4 is 4.90 Å². The summed E-state index contributed by atoms with van der Waals surface area (Å²) in [5, 5.41) is 21.0. The summed E-state index contributed by atoms with van der Waals surface area (Å²) in [6.07, 6.45) is 1.51. The van der Waals surface area contributed by atoms with Crippen molar-refractivity contribution in [3.05, 3.63) is 60.4 Å². The van der Waals surface area contributed by atoms with Gasteiger partial charge in [0.25, 0.3) is 5.91 Å². The Balaban J connectivity index is 1.41. The second-order valence-electron chi connectivity index (χ2n) is 6.07. The molecule has 1 amide bonds. The number of para-hydroxylation sites is 2. The highest BCUT2D eigenvalue weighted by atomic mass is 16.3. The van der Waals surface area contributed by atoms with Crippen LogP contribution in [0.1, 0.15) is 10.4 Å². The number of piperazine rings is 1. The molecule has 8 heteroatoms. The van der Waals surface area contributed by atoms with Crippen LogP contribution in [-0.4, -0.2) is 62.3 Å². The highest BCUT2D eigenvalue weighted by molar-refractivity contribution is 5.94. The summed E-state index contributed by atoms with van der Waals surface area (Å²) in [4.78, 5) is 16.7. The van der Waals surface area contributed by atoms with Crippen molar-refractivity contribution in [2.75, 3.05) is 31.1 Å². The summed E-state index contributed by atoms with van der Waals surface area (Å²) in [6.45, 7) is 2.60. The first-order chi connectivity index (χ1) is 12.7. The zero-order valence-corrected chi connectivity index (χ0v) is 14.1. The summed E-state index contributed by atoms with van der Waals surface area (Å²) in [5.74, 6) is 0.274. The molecule has 2 aromatic carbocycles. The second kappa shape index (κ2) is 6.83. The van der Waals surface area contributed by atoms with E-state index in [2.05, 4.69) is 20.4 Å². The molecule has 8 nitrogen and oxygen atoms in total. The van der Waals surface area contributed by atoms with Crippen molar-refractivity contribution >= 4 is 11.6 Å². The third-order valence-corrected chi connectivity index (χ3v) is 4.52. The van der Waals surface area contributed by atoms with Crippen molar-refractivity contribution in [1.29, 1.82) is 0 Å². The number of tetrazole rings is 1. The van der Waals surface area contributed by atoms with Crippen molar-refractivity contribution in [3.8, 4) is 11.4 Å². The topological polar surface area (TPSA) is 87.4 Å². The van der Waals surface area contributed by atoms with Crippen LogP contribution in [0.4, 0.5) is 5.69 Å². The van der Waals surface area contributed by atoms with E-state index in [9.17, 15) is 9.90 Å². The number of phenols is 1. The van der Waals surface area contributed by atoms with E-state index in [0.29, 0.717) is 31.7 Å². The molecule has 0 saturated carbocycles. The lowest BCUT2D eigenvalue weighted by molar-refractivity contribution is 0.0746. The molecule has 1 aliphatic rings.